The third kappa shape index (κ3) is 4.10. The van der Waals surface area contributed by atoms with Crippen molar-refractivity contribution < 1.29 is 9.53 Å². The molecule has 1 aromatic carbocycles. The van der Waals surface area contributed by atoms with Gasteiger partial charge in [0.15, 0.2) is 0 Å². The van der Waals surface area contributed by atoms with Gasteiger partial charge in [-0.3, -0.25) is 4.79 Å². The van der Waals surface area contributed by atoms with Gasteiger partial charge in [0.1, 0.15) is 0 Å². The predicted octanol–water partition coefficient (Wildman–Crippen LogP) is 2.80. The largest absolute Gasteiger partial charge is 0.372 e. The zero-order valence-corrected chi connectivity index (χ0v) is 13.7. The summed E-state index contributed by atoms with van der Waals surface area (Å²) in [5, 5.41) is 7.28. The molecule has 1 aromatic rings. The highest BCUT2D eigenvalue weighted by atomic mass is 35.5. The molecule has 1 saturated heterocycles. The number of carbonyl (C=O) groups excluding carboxylic acids is 1. The van der Waals surface area contributed by atoms with Crippen molar-refractivity contribution in [2.75, 3.05) is 26.2 Å². The first-order valence-corrected chi connectivity index (χ1v) is 7.70. The number of carbonyl (C=O) groups is 1. The highest BCUT2D eigenvalue weighted by Gasteiger charge is 2.38. The fourth-order valence-corrected chi connectivity index (χ4v) is 2.88. The van der Waals surface area contributed by atoms with Gasteiger partial charge in [0.25, 0.3) is 0 Å². The number of amides is 1. The predicted molar refractivity (Wildman–Crippen MR) is 84.8 cm³/mol. The Labute approximate surface area is 135 Å². The van der Waals surface area contributed by atoms with Crippen molar-refractivity contribution in [1.29, 1.82) is 0 Å². The topological polar surface area (TPSA) is 50.4 Å². The van der Waals surface area contributed by atoms with Crippen molar-refractivity contribution in [2.45, 2.75) is 20.0 Å². The lowest BCUT2D eigenvalue weighted by Crippen LogP contribution is -2.44. The average molecular weight is 331 g/mol. The van der Waals surface area contributed by atoms with E-state index in [0.717, 1.165) is 18.7 Å². The van der Waals surface area contributed by atoms with Crippen molar-refractivity contribution in [3.63, 3.8) is 0 Å². The summed E-state index contributed by atoms with van der Waals surface area (Å²) in [6.07, 6.45) is -0.158. The van der Waals surface area contributed by atoms with E-state index in [1.807, 2.05) is 12.1 Å². The van der Waals surface area contributed by atoms with Crippen LogP contribution < -0.4 is 10.6 Å². The van der Waals surface area contributed by atoms with Gasteiger partial charge in [-0.2, -0.15) is 0 Å². The first-order valence-electron chi connectivity index (χ1n) is 6.94. The van der Waals surface area contributed by atoms with Crippen molar-refractivity contribution in [1.82, 2.24) is 10.6 Å². The molecular weight excluding hydrogens is 311 g/mol. The first kappa shape index (κ1) is 16.6. The average Bonchev–Trinajstić information content (AvgIpc) is 2.62. The van der Waals surface area contributed by atoms with Gasteiger partial charge >= 0.3 is 0 Å². The molecule has 21 heavy (non-hydrogen) atoms. The maximum atomic E-state index is 11.2. The molecule has 2 atom stereocenters. The van der Waals surface area contributed by atoms with E-state index in [1.54, 1.807) is 6.07 Å². The molecule has 2 rings (SSSR count). The third-order valence-electron chi connectivity index (χ3n) is 3.71. The number of halogens is 2. The van der Waals surface area contributed by atoms with Crippen LogP contribution in [-0.2, 0) is 9.53 Å². The van der Waals surface area contributed by atoms with Gasteiger partial charge in [0.2, 0.25) is 5.91 Å². The second-order valence-electron chi connectivity index (χ2n) is 5.66. The minimum absolute atomic E-state index is 0.0478. The first-order chi connectivity index (χ1) is 9.92. The number of rotatable bonds is 3. The monoisotopic (exact) mass is 330 g/mol. The lowest BCUT2D eigenvalue weighted by molar-refractivity contribution is -0.120. The fourth-order valence-electron chi connectivity index (χ4n) is 2.57. The molecule has 116 valence electrons. The van der Waals surface area contributed by atoms with Crippen LogP contribution in [0.5, 0.6) is 0 Å². The van der Waals surface area contributed by atoms with E-state index in [1.165, 1.54) is 6.92 Å². The van der Waals surface area contributed by atoms with E-state index >= 15 is 0 Å². The van der Waals surface area contributed by atoms with E-state index < -0.39 is 0 Å². The van der Waals surface area contributed by atoms with Crippen LogP contribution in [0.3, 0.4) is 0 Å². The SMILES string of the molecule is CC(=O)NC[C@@]1(C)CNCCOC1c1ccc(Cl)c(Cl)c1. The molecule has 1 aliphatic heterocycles. The lowest BCUT2D eigenvalue weighted by atomic mass is 9.80. The maximum Gasteiger partial charge on any atom is 0.216 e. The molecule has 0 radical (unpaired) electrons. The molecule has 2 N–H and O–H groups in total. The molecule has 0 aliphatic carbocycles. The summed E-state index contributed by atoms with van der Waals surface area (Å²) in [6, 6.07) is 5.54. The fraction of sp³-hybridized carbons (Fsp3) is 0.533. The highest BCUT2D eigenvalue weighted by molar-refractivity contribution is 6.42. The molecule has 0 bridgehead atoms. The normalized spacial score (nSPS) is 26.2. The molecular formula is C15H20Cl2N2O2. The van der Waals surface area contributed by atoms with Crippen molar-refractivity contribution in [2.24, 2.45) is 5.41 Å². The summed E-state index contributed by atoms with van der Waals surface area (Å²) in [4.78, 5) is 11.2. The maximum absolute atomic E-state index is 11.2. The summed E-state index contributed by atoms with van der Waals surface area (Å²) >= 11 is 12.1. The molecule has 1 heterocycles. The Morgan fingerprint density at radius 2 is 2.24 bits per heavy atom. The van der Waals surface area contributed by atoms with E-state index in [4.69, 9.17) is 27.9 Å². The summed E-state index contributed by atoms with van der Waals surface area (Å²) < 4.78 is 6.02. The number of ether oxygens (including phenoxy) is 1. The Balaban J connectivity index is 2.29. The van der Waals surface area contributed by atoms with Gasteiger partial charge in [-0.15, -0.1) is 0 Å². The molecule has 1 amide bonds. The highest BCUT2D eigenvalue weighted by Crippen LogP contribution is 2.39. The van der Waals surface area contributed by atoms with Crippen LogP contribution in [0, 0.1) is 5.41 Å². The van der Waals surface area contributed by atoms with E-state index in [-0.39, 0.29) is 17.4 Å². The molecule has 1 fully saturated rings. The number of benzene rings is 1. The van der Waals surface area contributed by atoms with Crippen molar-refractivity contribution in [3.8, 4) is 0 Å². The number of hydrogen-bond acceptors (Lipinski definition) is 3. The van der Waals surface area contributed by atoms with E-state index in [2.05, 4.69) is 17.6 Å². The van der Waals surface area contributed by atoms with Gasteiger partial charge in [-0.1, -0.05) is 36.2 Å². The summed E-state index contributed by atoms with van der Waals surface area (Å²) in [5.41, 5.74) is 0.709. The molecule has 0 aromatic heterocycles. The zero-order chi connectivity index (χ0) is 15.5. The molecule has 4 nitrogen and oxygen atoms in total. The Bertz CT molecular complexity index is 524. The van der Waals surface area contributed by atoms with Gasteiger partial charge in [-0.05, 0) is 17.7 Å². The summed E-state index contributed by atoms with van der Waals surface area (Å²) in [7, 11) is 0. The Morgan fingerprint density at radius 1 is 1.48 bits per heavy atom. The van der Waals surface area contributed by atoms with E-state index in [0.29, 0.717) is 23.2 Å². The van der Waals surface area contributed by atoms with Gasteiger partial charge < -0.3 is 15.4 Å². The second kappa shape index (κ2) is 6.97. The van der Waals surface area contributed by atoms with Crippen molar-refractivity contribution in [3.05, 3.63) is 33.8 Å². The molecule has 6 heteroatoms. The Hall–Kier alpha value is -0.810. The minimum Gasteiger partial charge on any atom is -0.372 e. The van der Waals surface area contributed by atoms with Crippen LogP contribution in [-0.4, -0.2) is 32.1 Å². The molecule has 0 saturated carbocycles. The van der Waals surface area contributed by atoms with E-state index in [9.17, 15) is 4.79 Å². The van der Waals surface area contributed by atoms with Crippen LogP contribution in [0.2, 0.25) is 10.0 Å². The van der Waals surface area contributed by atoms with Gasteiger partial charge in [0, 0.05) is 32.0 Å². The number of nitrogens with one attached hydrogen (secondary N) is 2. The van der Waals surface area contributed by atoms with Crippen LogP contribution in [0.25, 0.3) is 0 Å². The van der Waals surface area contributed by atoms with Crippen LogP contribution >= 0.6 is 23.2 Å². The Kier molecular flexibility index (Phi) is 5.49. The Morgan fingerprint density at radius 3 is 2.90 bits per heavy atom. The van der Waals surface area contributed by atoms with Crippen LogP contribution in [0.4, 0.5) is 0 Å². The molecule has 1 aliphatic rings. The summed E-state index contributed by atoms with van der Waals surface area (Å²) in [5.74, 6) is -0.0478. The van der Waals surface area contributed by atoms with Gasteiger partial charge in [0.05, 0.1) is 22.8 Å². The lowest BCUT2D eigenvalue weighted by Gasteiger charge is -2.36. The van der Waals surface area contributed by atoms with Crippen molar-refractivity contribution >= 4 is 29.1 Å². The standard InChI is InChI=1S/C15H20Cl2N2O2/c1-10(20)19-9-15(2)8-18-5-6-21-14(15)11-3-4-12(16)13(17)7-11/h3-4,7,14,18H,5-6,8-9H2,1-2H3,(H,19,20)/t14?,15-/m1/s1. The molecule has 1 unspecified atom stereocenters. The molecule has 0 spiro atoms. The zero-order valence-electron chi connectivity index (χ0n) is 12.2. The van der Waals surface area contributed by atoms with Gasteiger partial charge in [-0.25, -0.2) is 0 Å². The third-order valence-corrected chi connectivity index (χ3v) is 4.45. The number of hydrogen-bond donors (Lipinski definition) is 2. The van der Waals surface area contributed by atoms with Crippen LogP contribution in [0.1, 0.15) is 25.5 Å². The quantitative estimate of drug-likeness (QED) is 0.895. The van der Waals surface area contributed by atoms with Crippen LogP contribution in [0.15, 0.2) is 18.2 Å². The second-order valence-corrected chi connectivity index (χ2v) is 6.48. The smallest absolute Gasteiger partial charge is 0.216 e. The minimum atomic E-state index is -0.265. The summed E-state index contributed by atoms with van der Waals surface area (Å²) in [6.45, 7) is 6.28.